The molecule has 0 aliphatic heterocycles. The molecule has 0 aliphatic carbocycles. The predicted molar refractivity (Wildman–Crippen MR) is 83.7 cm³/mol. The van der Waals surface area contributed by atoms with E-state index in [0.29, 0.717) is 17.8 Å². The summed E-state index contributed by atoms with van der Waals surface area (Å²) >= 11 is 0. The molecule has 0 spiro atoms. The van der Waals surface area contributed by atoms with Crippen molar-refractivity contribution in [2.24, 2.45) is 0 Å². The van der Waals surface area contributed by atoms with Gasteiger partial charge in [0.1, 0.15) is 5.82 Å². The highest BCUT2D eigenvalue weighted by Gasteiger charge is 2.35. The first-order valence-corrected chi connectivity index (χ1v) is 7.53. The Hall–Kier alpha value is -3.10. The van der Waals surface area contributed by atoms with Crippen LogP contribution in [0.5, 0.6) is 0 Å². The smallest absolute Gasteiger partial charge is 0.228 e. The van der Waals surface area contributed by atoms with Gasteiger partial charge >= 0.3 is 6.18 Å². The third kappa shape index (κ3) is 2.48. The van der Waals surface area contributed by atoms with E-state index in [-0.39, 0.29) is 22.4 Å². The second kappa shape index (κ2) is 5.47. The van der Waals surface area contributed by atoms with Gasteiger partial charge in [-0.2, -0.15) is 17.7 Å². The van der Waals surface area contributed by atoms with Gasteiger partial charge in [-0.05, 0) is 16.5 Å². The first-order valence-electron chi connectivity index (χ1n) is 7.53. The van der Waals surface area contributed by atoms with Gasteiger partial charge in [0, 0.05) is 12.0 Å². The van der Waals surface area contributed by atoms with Crippen molar-refractivity contribution >= 4 is 16.7 Å². The van der Waals surface area contributed by atoms with Crippen LogP contribution in [0, 0.1) is 0 Å². The molecule has 3 aromatic heterocycles. The molecule has 126 valence electrons. The summed E-state index contributed by atoms with van der Waals surface area (Å²) in [6.45, 7) is 1.82. The van der Waals surface area contributed by atoms with Crippen molar-refractivity contribution in [1.29, 1.82) is 0 Å². The van der Waals surface area contributed by atoms with Crippen molar-refractivity contribution in [3.63, 3.8) is 0 Å². The Morgan fingerprint density at radius 3 is 2.52 bits per heavy atom. The van der Waals surface area contributed by atoms with Gasteiger partial charge < -0.3 is 0 Å². The molecule has 0 saturated carbocycles. The third-order valence-electron chi connectivity index (χ3n) is 3.86. The lowest BCUT2D eigenvalue weighted by atomic mass is 10.1. The predicted octanol–water partition coefficient (Wildman–Crippen LogP) is 3.32. The van der Waals surface area contributed by atoms with E-state index in [9.17, 15) is 13.2 Å². The SMILES string of the molecule is CCc1nc2nc(-c3ccccc3)cc(C(F)(F)F)c2c2nnnn12. The van der Waals surface area contributed by atoms with Crippen LogP contribution in [0.15, 0.2) is 36.4 Å². The number of halogens is 3. The van der Waals surface area contributed by atoms with Crippen molar-refractivity contribution in [3.8, 4) is 11.3 Å². The van der Waals surface area contributed by atoms with Crippen LogP contribution in [-0.4, -0.2) is 30.0 Å². The largest absolute Gasteiger partial charge is 0.417 e. The van der Waals surface area contributed by atoms with Gasteiger partial charge in [-0.3, -0.25) is 0 Å². The van der Waals surface area contributed by atoms with Crippen molar-refractivity contribution in [2.75, 3.05) is 0 Å². The van der Waals surface area contributed by atoms with Gasteiger partial charge in [-0.1, -0.05) is 37.3 Å². The number of nitrogens with zero attached hydrogens (tertiary/aromatic N) is 6. The molecule has 0 N–H and O–H groups in total. The number of benzene rings is 1. The summed E-state index contributed by atoms with van der Waals surface area (Å²) in [6.07, 6.45) is -4.14. The van der Waals surface area contributed by atoms with Gasteiger partial charge in [0.05, 0.1) is 16.6 Å². The second-order valence-corrected chi connectivity index (χ2v) is 5.41. The van der Waals surface area contributed by atoms with Crippen molar-refractivity contribution < 1.29 is 13.2 Å². The zero-order valence-corrected chi connectivity index (χ0v) is 13.0. The van der Waals surface area contributed by atoms with Gasteiger partial charge in [0.25, 0.3) is 0 Å². The maximum Gasteiger partial charge on any atom is 0.417 e. The number of rotatable bonds is 2. The maximum absolute atomic E-state index is 13.7. The van der Waals surface area contributed by atoms with Gasteiger partial charge in [0.2, 0.25) is 0 Å². The molecule has 0 bridgehead atoms. The summed E-state index contributed by atoms with van der Waals surface area (Å²) < 4.78 is 42.3. The Labute approximate surface area is 139 Å². The second-order valence-electron chi connectivity index (χ2n) is 5.41. The molecular weight excluding hydrogens is 333 g/mol. The fourth-order valence-electron chi connectivity index (χ4n) is 2.73. The van der Waals surface area contributed by atoms with Crippen LogP contribution < -0.4 is 0 Å². The highest BCUT2D eigenvalue weighted by molar-refractivity contribution is 5.93. The monoisotopic (exact) mass is 344 g/mol. The fraction of sp³-hybridized carbons (Fsp3) is 0.188. The minimum absolute atomic E-state index is 0.00119. The molecule has 9 heteroatoms. The molecule has 6 nitrogen and oxygen atoms in total. The Morgan fingerprint density at radius 1 is 1.08 bits per heavy atom. The molecule has 25 heavy (non-hydrogen) atoms. The van der Waals surface area contributed by atoms with Crippen molar-refractivity contribution in [2.45, 2.75) is 19.5 Å². The molecule has 4 rings (SSSR count). The minimum Gasteiger partial charge on any atom is -0.228 e. The molecule has 0 amide bonds. The van der Waals surface area contributed by atoms with Crippen LogP contribution in [0.4, 0.5) is 13.2 Å². The molecule has 1 aromatic carbocycles. The summed E-state index contributed by atoms with van der Waals surface area (Å²) in [5.74, 6) is 0.443. The Kier molecular flexibility index (Phi) is 3.38. The lowest BCUT2D eigenvalue weighted by molar-refractivity contribution is -0.136. The molecule has 4 aromatic rings. The summed E-state index contributed by atoms with van der Waals surface area (Å²) in [4.78, 5) is 8.60. The Morgan fingerprint density at radius 2 is 1.84 bits per heavy atom. The number of alkyl halides is 3. The van der Waals surface area contributed by atoms with Gasteiger partial charge in [0.15, 0.2) is 11.3 Å². The summed E-state index contributed by atoms with van der Waals surface area (Å²) in [5.41, 5.74) is -0.0959. The number of pyridine rings is 1. The van der Waals surface area contributed by atoms with E-state index in [0.717, 1.165) is 6.07 Å². The van der Waals surface area contributed by atoms with E-state index in [1.54, 1.807) is 30.3 Å². The molecule has 0 saturated heterocycles. The van der Waals surface area contributed by atoms with E-state index >= 15 is 0 Å². The van der Waals surface area contributed by atoms with E-state index in [2.05, 4.69) is 25.5 Å². The zero-order chi connectivity index (χ0) is 17.6. The summed E-state index contributed by atoms with van der Waals surface area (Å²) in [7, 11) is 0. The number of hydrogen-bond acceptors (Lipinski definition) is 5. The molecule has 0 atom stereocenters. The number of aryl methyl sites for hydroxylation is 1. The highest BCUT2D eigenvalue weighted by atomic mass is 19.4. The van der Waals surface area contributed by atoms with Gasteiger partial charge in [-0.25, -0.2) is 9.97 Å². The molecule has 0 aliphatic rings. The summed E-state index contributed by atoms with van der Waals surface area (Å²) in [6, 6.07) is 9.68. The first kappa shape index (κ1) is 15.4. The maximum atomic E-state index is 13.7. The van der Waals surface area contributed by atoms with E-state index in [1.807, 2.05) is 6.92 Å². The average Bonchev–Trinajstić information content (AvgIpc) is 3.09. The van der Waals surface area contributed by atoms with Crippen LogP contribution in [0.3, 0.4) is 0 Å². The van der Waals surface area contributed by atoms with E-state index in [1.165, 1.54) is 4.52 Å². The lowest BCUT2D eigenvalue weighted by Gasteiger charge is -2.13. The Bertz CT molecular complexity index is 1070. The molecule has 0 fully saturated rings. The zero-order valence-electron chi connectivity index (χ0n) is 13.0. The van der Waals surface area contributed by atoms with Crippen LogP contribution in [0.1, 0.15) is 18.3 Å². The number of tetrazole rings is 1. The van der Waals surface area contributed by atoms with Crippen LogP contribution >= 0.6 is 0 Å². The van der Waals surface area contributed by atoms with E-state index < -0.39 is 11.7 Å². The number of hydrogen-bond donors (Lipinski definition) is 0. The minimum atomic E-state index is -4.59. The van der Waals surface area contributed by atoms with Crippen LogP contribution in [0.2, 0.25) is 0 Å². The average molecular weight is 344 g/mol. The number of fused-ring (bicyclic) bond motifs is 3. The molecule has 0 unspecified atom stereocenters. The normalized spacial score (nSPS) is 12.2. The van der Waals surface area contributed by atoms with E-state index in [4.69, 9.17) is 0 Å². The molecule has 3 heterocycles. The topological polar surface area (TPSA) is 68.9 Å². The highest BCUT2D eigenvalue weighted by Crippen LogP contribution is 2.37. The molecular formula is C16H11F3N6. The van der Waals surface area contributed by atoms with Crippen LogP contribution in [0.25, 0.3) is 27.9 Å². The lowest BCUT2D eigenvalue weighted by Crippen LogP contribution is -2.11. The fourth-order valence-corrected chi connectivity index (χ4v) is 2.73. The first-order chi connectivity index (χ1) is 12.0. The quantitative estimate of drug-likeness (QED) is 0.558. The number of aromatic nitrogens is 6. The summed E-state index contributed by atoms with van der Waals surface area (Å²) in [5, 5.41) is 10.8. The van der Waals surface area contributed by atoms with Crippen molar-refractivity contribution in [3.05, 3.63) is 47.8 Å². The third-order valence-corrected chi connectivity index (χ3v) is 3.86. The van der Waals surface area contributed by atoms with Crippen molar-refractivity contribution in [1.82, 2.24) is 30.0 Å². The Balaban J connectivity index is 2.15. The van der Waals surface area contributed by atoms with Crippen LogP contribution in [-0.2, 0) is 12.6 Å². The molecule has 0 radical (unpaired) electrons. The standard InChI is InChI=1S/C16H11F3N6/c1-2-12-21-14-13(15-22-23-24-25(12)15)10(16(17,18)19)8-11(20-14)9-6-4-3-5-7-9/h3-8H,2H2,1H3. The van der Waals surface area contributed by atoms with Gasteiger partial charge in [-0.15, -0.1) is 5.10 Å².